The van der Waals surface area contributed by atoms with E-state index >= 15 is 0 Å². The quantitative estimate of drug-likeness (QED) is 0.326. The third kappa shape index (κ3) is 8.86. The highest BCUT2D eigenvalue weighted by Gasteiger charge is 2.18. The number of terminal acetylenes is 1. The van der Waals surface area contributed by atoms with Crippen LogP contribution in [0.25, 0.3) is 0 Å². The molecule has 0 N–H and O–H groups in total. The Bertz CT molecular complexity index is 1150. The van der Waals surface area contributed by atoms with Crippen molar-refractivity contribution in [3.63, 3.8) is 0 Å². The van der Waals surface area contributed by atoms with Gasteiger partial charge < -0.3 is 0 Å². The van der Waals surface area contributed by atoms with Crippen molar-refractivity contribution in [2.75, 3.05) is 0 Å². The third-order valence-corrected chi connectivity index (χ3v) is 5.89. The predicted octanol–water partition coefficient (Wildman–Crippen LogP) is 8.74. The maximum atomic E-state index is 5.37. The van der Waals surface area contributed by atoms with E-state index in [4.69, 9.17) is 6.42 Å². The molecule has 1 aliphatic carbocycles. The zero-order chi connectivity index (χ0) is 24.8. The van der Waals surface area contributed by atoms with Crippen LogP contribution in [0.1, 0.15) is 100.0 Å². The van der Waals surface area contributed by atoms with E-state index in [-0.39, 0.29) is 0 Å². The molecular formula is C34H38. The summed E-state index contributed by atoms with van der Waals surface area (Å²) in [6.07, 6.45) is 16.6. The summed E-state index contributed by atoms with van der Waals surface area (Å²) in [6.45, 7) is 10.2. The minimum Gasteiger partial charge on any atom is -0.120 e. The van der Waals surface area contributed by atoms with Crippen molar-refractivity contribution in [1.82, 2.24) is 0 Å². The Hall–Kier alpha value is -3.40. The maximum Gasteiger partial charge on any atom is 0.0296 e. The highest BCUT2D eigenvalue weighted by atomic mass is 14.2. The lowest BCUT2D eigenvalue weighted by Crippen LogP contribution is -2.06. The summed E-state index contributed by atoms with van der Waals surface area (Å²) in [5.74, 6) is 16.7. The molecule has 174 valence electrons. The molecule has 0 unspecified atom stereocenters. The summed E-state index contributed by atoms with van der Waals surface area (Å²) in [5, 5.41) is 0. The van der Waals surface area contributed by atoms with E-state index in [9.17, 15) is 0 Å². The SMILES string of the molecule is C#CC/C(C)=C\C=C(/C)C#Cc1ccc(C#Cc2ccc(C)cc2)c(C2CCCCC2)c1.CC. The van der Waals surface area contributed by atoms with Gasteiger partial charge in [0.05, 0.1) is 0 Å². The lowest BCUT2D eigenvalue weighted by atomic mass is 9.81. The smallest absolute Gasteiger partial charge is 0.0296 e. The molecule has 3 rings (SSSR count). The van der Waals surface area contributed by atoms with Crippen LogP contribution in [0.4, 0.5) is 0 Å². The molecule has 0 spiro atoms. The van der Waals surface area contributed by atoms with Crippen LogP contribution >= 0.6 is 0 Å². The molecule has 0 nitrogen and oxygen atoms in total. The maximum absolute atomic E-state index is 5.37. The fourth-order valence-corrected chi connectivity index (χ4v) is 3.98. The zero-order valence-electron chi connectivity index (χ0n) is 21.6. The van der Waals surface area contributed by atoms with Crippen molar-refractivity contribution in [3.05, 3.63) is 93.6 Å². The molecule has 0 heteroatoms. The predicted molar refractivity (Wildman–Crippen MR) is 149 cm³/mol. The number of aryl methyl sites for hydroxylation is 1. The Morgan fingerprint density at radius 2 is 1.56 bits per heavy atom. The van der Waals surface area contributed by atoms with Crippen molar-refractivity contribution < 1.29 is 0 Å². The second-order valence-electron chi connectivity index (χ2n) is 8.75. The molecule has 2 aromatic carbocycles. The highest BCUT2D eigenvalue weighted by molar-refractivity contribution is 5.52. The third-order valence-electron chi connectivity index (χ3n) is 5.89. The zero-order valence-corrected chi connectivity index (χ0v) is 21.6. The van der Waals surface area contributed by atoms with Gasteiger partial charge in [0.2, 0.25) is 0 Å². The van der Waals surface area contributed by atoms with Gasteiger partial charge in [-0.2, -0.15) is 0 Å². The Labute approximate surface area is 208 Å². The summed E-state index contributed by atoms with van der Waals surface area (Å²) >= 11 is 0. The summed E-state index contributed by atoms with van der Waals surface area (Å²) in [5.41, 5.74) is 8.08. The largest absolute Gasteiger partial charge is 0.120 e. The van der Waals surface area contributed by atoms with E-state index in [1.807, 2.05) is 33.8 Å². The first-order chi connectivity index (χ1) is 16.5. The van der Waals surface area contributed by atoms with Gasteiger partial charge in [0.25, 0.3) is 0 Å². The molecule has 1 aliphatic rings. The summed E-state index contributed by atoms with van der Waals surface area (Å²) < 4.78 is 0. The van der Waals surface area contributed by atoms with Crippen molar-refractivity contribution in [2.45, 2.75) is 79.1 Å². The summed E-state index contributed by atoms with van der Waals surface area (Å²) in [4.78, 5) is 0. The Morgan fingerprint density at radius 3 is 2.24 bits per heavy atom. The average molecular weight is 447 g/mol. The van der Waals surface area contributed by atoms with Crippen LogP contribution in [0.2, 0.25) is 0 Å². The second-order valence-corrected chi connectivity index (χ2v) is 8.75. The number of allylic oxidation sites excluding steroid dienone is 4. The summed E-state index contributed by atoms with van der Waals surface area (Å²) in [7, 11) is 0. The standard InChI is InChI=1S/C32H32.C2H6/c1-5-9-25(2)12-13-26(3)16-19-29-21-23-31(22-20-28-17-14-27(4)15-18-28)32(24-29)30-10-7-6-8-11-30;1-2/h1,12-15,17-18,21,23-24,30H,6-11H2,2-4H3;1-2H3/b25-12-,26-13+;. The minimum absolute atomic E-state index is 0.582. The van der Waals surface area contributed by atoms with E-state index in [0.29, 0.717) is 12.3 Å². The van der Waals surface area contributed by atoms with Crippen LogP contribution in [-0.2, 0) is 0 Å². The lowest BCUT2D eigenvalue weighted by Gasteiger charge is -2.23. The molecule has 0 atom stereocenters. The molecule has 0 saturated heterocycles. The Balaban J connectivity index is 0.00000199. The molecule has 1 fully saturated rings. The molecule has 0 aliphatic heterocycles. The van der Waals surface area contributed by atoms with Gasteiger partial charge in [-0.1, -0.05) is 92.2 Å². The number of hydrogen-bond donors (Lipinski definition) is 0. The van der Waals surface area contributed by atoms with Gasteiger partial charge >= 0.3 is 0 Å². The molecule has 0 heterocycles. The minimum atomic E-state index is 0.582. The van der Waals surface area contributed by atoms with Crippen LogP contribution in [0.5, 0.6) is 0 Å². The van der Waals surface area contributed by atoms with Crippen LogP contribution in [0.3, 0.4) is 0 Å². The monoisotopic (exact) mass is 446 g/mol. The molecule has 0 radical (unpaired) electrons. The first-order valence-corrected chi connectivity index (χ1v) is 12.6. The van der Waals surface area contributed by atoms with Gasteiger partial charge in [0.15, 0.2) is 0 Å². The van der Waals surface area contributed by atoms with Gasteiger partial charge in [-0.05, 0) is 81.0 Å². The fourth-order valence-electron chi connectivity index (χ4n) is 3.98. The van der Waals surface area contributed by atoms with E-state index in [1.54, 1.807) is 0 Å². The fraction of sp³-hybridized carbons (Fsp3) is 0.353. The lowest BCUT2D eigenvalue weighted by molar-refractivity contribution is 0.443. The highest BCUT2D eigenvalue weighted by Crippen LogP contribution is 2.34. The van der Waals surface area contributed by atoms with Crippen molar-refractivity contribution in [2.24, 2.45) is 0 Å². The van der Waals surface area contributed by atoms with E-state index < -0.39 is 0 Å². The van der Waals surface area contributed by atoms with Crippen molar-refractivity contribution >= 4 is 0 Å². The number of benzene rings is 2. The second kappa shape index (κ2) is 14.7. The normalized spacial score (nSPS) is 13.9. The first kappa shape index (κ1) is 26.8. The van der Waals surface area contributed by atoms with Crippen LogP contribution < -0.4 is 0 Å². The van der Waals surface area contributed by atoms with Gasteiger partial charge in [-0.3, -0.25) is 0 Å². The van der Waals surface area contributed by atoms with E-state index in [1.165, 1.54) is 48.8 Å². The number of hydrogen-bond acceptors (Lipinski definition) is 0. The molecule has 0 bridgehead atoms. The van der Waals surface area contributed by atoms with Crippen molar-refractivity contribution in [1.29, 1.82) is 0 Å². The van der Waals surface area contributed by atoms with Crippen LogP contribution in [0, 0.1) is 42.9 Å². The molecule has 1 saturated carbocycles. The molecular weight excluding hydrogens is 408 g/mol. The number of rotatable bonds is 3. The first-order valence-electron chi connectivity index (χ1n) is 12.6. The van der Waals surface area contributed by atoms with Crippen molar-refractivity contribution in [3.8, 4) is 36.0 Å². The Kier molecular flexibility index (Phi) is 11.6. The molecule has 0 amide bonds. The topological polar surface area (TPSA) is 0 Å². The van der Waals surface area contributed by atoms with Gasteiger partial charge in [-0.15, -0.1) is 12.3 Å². The van der Waals surface area contributed by atoms with E-state index in [2.05, 4.69) is 85.1 Å². The van der Waals surface area contributed by atoms with Gasteiger partial charge in [-0.25, -0.2) is 0 Å². The van der Waals surface area contributed by atoms with Gasteiger partial charge in [0.1, 0.15) is 0 Å². The molecule has 34 heavy (non-hydrogen) atoms. The van der Waals surface area contributed by atoms with Crippen LogP contribution in [0.15, 0.2) is 65.8 Å². The summed E-state index contributed by atoms with van der Waals surface area (Å²) in [6, 6.07) is 15.0. The van der Waals surface area contributed by atoms with E-state index in [0.717, 1.165) is 22.3 Å². The van der Waals surface area contributed by atoms with Gasteiger partial charge in [0, 0.05) is 23.1 Å². The Morgan fingerprint density at radius 1 is 0.882 bits per heavy atom. The average Bonchev–Trinajstić information content (AvgIpc) is 2.88. The molecule has 0 aromatic heterocycles. The molecule has 2 aromatic rings. The van der Waals surface area contributed by atoms with Crippen LogP contribution in [-0.4, -0.2) is 0 Å².